The Morgan fingerprint density at radius 1 is 1.20 bits per heavy atom. The average molecular weight is 549 g/mol. The number of para-hydroxylation sites is 1. The monoisotopic (exact) mass is 548 g/mol. The number of aromatic amines is 1. The van der Waals surface area contributed by atoms with Gasteiger partial charge in [0.05, 0.1) is 24.8 Å². The Morgan fingerprint density at radius 3 is 2.67 bits per heavy atom. The summed E-state index contributed by atoms with van der Waals surface area (Å²) in [7, 11) is 0. The highest BCUT2D eigenvalue weighted by Crippen LogP contribution is 2.29. The van der Waals surface area contributed by atoms with Gasteiger partial charge >= 0.3 is 0 Å². The van der Waals surface area contributed by atoms with Crippen LogP contribution in [-0.2, 0) is 27.4 Å². The number of benzene rings is 2. The number of amides is 1. The molecule has 214 valence electrons. The molecular formula is C30H40N6O4. The number of nitrogens with zero attached hydrogens (tertiary/aromatic N) is 2. The van der Waals surface area contributed by atoms with Crippen molar-refractivity contribution in [2.24, 2.45) is 16.5 Å². The molecule has 1 aliphatic heterocycles. The number of rotatable bonds is 13. The number of nitrogens with two attached hydrogens (primary N) is 2. The van der Waals surface area contributed by atoms with Crippen LogP contribution in [0.25, 0.3) is 10.9 Å². The number of guanidine groups is 1. The van der Waals surface area contributed by atoms with Crippen molar-refractivity contribution in [1.29, 1.82) is 0 Å². The average Bonchev–Trinajstić information content (AvgIpc) is 3.53. The van der Waals surface area contributed by atoms with Crippen LogP contribution in [0.15, 0.2) is 59.7 Å². The van der Waals surface area contributed by atoms with E-state index in [1.807, 2.05) is 31.3 Å². The zero-order valence-corrected chi connectivity index (χ0v) is 23.2. The van der Waals surface area contributed by atoms with E-state index in [0.717, 1.165) is 41.3 Å². The Hall–Kier alpha value is -3.89. The van der Waals surface area contributed by atoms with Gasteiger partial charge in [0, 0.05) is 48.7 Å². The predicted molar refractivity (Wildman–Crippen MR) is 156 cm³/mol. The van der Waals surface area contributed by atoms with Gasteiger partial charge in [0.1, 0.15) is 5.75 Å². The Bertz CT molecular complexity index is 1320. The van der Waals surface area contributed by atoms with Crippen LogP contribution in [0.5, 0.6) is 5.75 Å². The van der Waals surface area contributed by atoms with Crippen LogP contribution < -0.4 is 16.8 Å². The molecule has 4 unspecified atom stereocenters. The van der Waals surface area contributed by atoms with Gasteiger partial charge in [-0.05, 0) is 56.4 Å². The number of aromatic hydroxyl groups is 1. The van der Waals surface area contributed by atoms with Crippen molar-refractivity contribution in [3.63, 3.8) is 0 Å². The predicted octanol–water partition coefficient (Wildman–Crippen LogP) is 2.59. The Balaban J connectivity index is 1.46. The van der Waals surface area contributed by atoms with Crippen molar-refractivity contribution < 1.29 is 19.4 Å². The summed E-state index contributed by atoms with van der Waals surface area (Å²) in [4.78, 5) is 35.4. The summed E-state index contributed by atoms with van der Waals surface area (Å²) in [5, 5.41) is 13.6. The third-order valence-electron chi connectivity index (χ3n) is 7.56. The molecule has 10 heteroatoms. The highest BCUT2D eigenvalue weighted by atomic mass is 16.5. The standard InChI is InChI=1S/C30H40N6O4/c1-19(29(39)28(35-20(2)37)14-21-9-11-24(38)12-10-21)36-17-25(15-23(36)6-5-13-33-30(31)32)40-18-22-16-34-27-8-4-3-7-26(22)27/h3-4,7-12,16,19,23,25,28,34,38H,5-6,13-15,17-18H2,1-2H3,(H,35,37)(H4,31,32,33). The van der Waals surface area contributed by atoms with Crippen molar-refractivity contribution in [3.05, 3.63) is 65.9 Å². The van der Waals surface area contributed by atoms with Crippen molar-refractivity contribution in [1.82, 2.24) is 15.2 Å². The number of ketones is 1. The number of phenolic OH excluding ortho intramolecular Hbond substituents is 1. The molecule has 1 fully saturated rings. The first-order chi connectivity index (χ1) is 19.2. The molecule has 3 aromatic rings. The summed E-state index contributed by atoms with van der Waals surface area (Å²) in [6.07, 6.45) is 4.64. The molecule has 10 nitrogen and oxygen atoms in total. The number of hydrogen-bond acceptors (Lipinski definition) is 6. The van der Waals surface area contributed by atoms with E-state index in [2.05, 4.69) is 26.3 Å². The van der Waals surface area contributed by atoms with Crippen LogP contribution >= 0.6 is 0 Å². The second-order valence-corrected chi connectivity index (χ2v) is 10.5. The van der Waals surface area contributed by atoms with Crippen LogP contribution in [0.3, 0.4) is 0 Å². The molecule has 0 saturated carbocycles. The number of likely N-dealkylation sites (tertiary alicyclic amines) is 1. The number of carbonyl (C=O) groups is 2. The van der Waals surface area contributed by atoms with Gasteiger partial charge in [-0.2, -0.15) is 0 Å². The lowest BCUT2D eigenvalue weighted by Crippen LogP contribution is -2.52. The van der Waals surface area contributed by atoms with Gasteiger partial charge in [-0.1, -0.05) is 30.3 Å². The fourth-order valence-corrected chi connectivity index (χ4v) is 5.56. The van der Waals surface area contributed by atoms with Gasteiger partial charge in [-0.15, -0.1) is 0 Å². The maximum atomic E-state index is 13.8. The summed E-state index contributed by atoms with van der Waals surface area (Å²) < 4.78 is 6.39. The number of hydrogen-bond donors (Lipinski definition) is 5. The molecule has 2 aromatic carbocycles. The van der Waals surface area contributed by atoms with Crippen LogP contribution in [0.1, 0.15) is 44.2 Å². The van der Waals surface area contributed by atoms with Gasteiger partial charge in [0.25, 0.3) is 0 Å². The van der Waals surface area contributed by atoms with Crippen LogP contribution in [0.4, 0.5) is 0 Å². The lowest BCUT2D eigenvalue weighted by atomic mass is 9.96. The zero-order valence-electron chi connectivity index (χ0n) is 23.2. The molecule has 0 aliphatic carbocycles. The quantitative estimate of drug-likeness (QED) is 0.125. The Morgan fingerprint density at radius 2 is 1.95 bits per heavy atom. The third kappa shape index (κ3) is 7.61. The number of nitrogens with one attached hydrogen (secondary N) is 2. The largest absolute Gasteiger partial charge is 0.508 e. The van der Waals surface area contributed by atoms with Crippen molar-refractivity contribution in [3.8, 4) is 5.75 Å². The number of Topliss-reactive ketones (excluding diaryl/α,β-unsaturated/α-hetero) is 1. The van der Waals surface area contributed by atoms with Crippen LogP contribution in [0, 0.1) is 0 Å². The zero-order chi connectivity index (χ0) is 28.6. The Labute approximate surface area is 234 Å². The molecule has 1 aliphatic rings. The van der Waals surface area contributed by atoms with E-state index < -0.39 is 12.1 Å². The highest BCUT2D eigenvalue weighted by Gasteiger charge is 2.39. The maximum Gasteiger partial charge on any atom is 0.217 e. The smallest absolute Gasteiger partial charge is 0.217 e. The van der Waals surface area contributed by atoms with Gasteiger partial charge in [-0.25, -0.2) is 0 Å². The van der Waals surface area contributed by atoms with Crippen LogP contribution in [0.2, 0.25) is 0 Å². The van der Waals surface area contributed by atoms with E-state index >= 15 is 0 Å². The number of ether oxygens (including phenoxy) is 1. The van der Waals surface area contributed by atoms with Crippen LogP contribution in [-0.4, -0.2) is 70.0 Å². The lowest BCUT2D eigenvalue weighted by Gasteiger charge is -2.32. The number of aliphatic imine (C=N–C) groups is 1. The highest BCUT2D eigenvalue weighted by molar-refractivity contribution is 5.92. The first-order valence-corrected chi connectivity index (χ1v) is 13.8. The molecule has 4 rings (SSSR count). The minimum atomic E-state index is -0.689. The van der Waals surface area contributed by atoms with E-state index in [4.69, 9.17) is 16.2 Å². The van der Waals surface area contributed by atoms with E-state index in [-0.39, 0.29) is 35.5 Å². The van der Waals surface area contributed by atoms with E-state index in [0.29, 0.717) is 26.1 Å². The van der Waals surface area contributed by atoms with Crippen molar-refractivity contribution >= 4 is 28.6 Å². The molecule has 4 atom stereocenters. The molecule has 1 aromatic heterocycles. The topological polar surface area (TPSA) is 159 Å². The maximum absolute atomic E-state index is 13.8. The summed E-state index contributed by atoms with van der Waals surface area (Å²) in [5.41, 5.74) is 14.0. The fraction of sp³-hybridized carbons (Fsp3) is 0.433. The molecule has 1 saturated heterocycles. The van der Waals surface area contributed by atoms with Gasteiger partial charge < -0.3 is 31.6 Å². The van der Waals surface area contributed by atoms with Crippen molar-refractivity contribution in [2.75, 3.05) is 13.1 Å². The summed E-state index contributed by atoms with van der Waals surface area (Å²) in [5.74, 6) is -0.104. The lowest BCUT2D eigenvalue weighted by molar-refractivity contribution is -0.130. The molecule has 0 bridgehead atoms. The molecular weight excluding hydrogens is 508 g/mol. The number of H-pyrrole nitrogens is 1. The second-order valence-electron chi connectivity index (χ2n) is 10.5. The van der Waals surface area contributed by atoms with E-state index in [1.54, 1.807) is 24.3 Å². The molecule has 0 radical (unpaired) electrons. The summed E-state index contributed by atoms with van der Waals surface area (Å²) in [6.45, 7) is 4.91. The number of phenols is 1. The minimum Gasteiger partial charge on any atom is -0.508 e. The number of carbonyl (C=O) groups excluding carboxylic acids is 2. The van der Waals surface area contributed by atoms with Gasteiger partial charge in [0.15, 0.2) is 11.7 Å². The molecule has 7 N–H and O–H groups in total. The van der Waals surface area contributed by atoms with E-state index in [9.17, 15) is 14.7 Å². The minimum absolute atomic E-state index is 0.0479. The van der Waals surface area contributed by atoms with Gasteiger partial charge in [0.2, 0.25) is 5.91 Å². The van der Waals surface area contributed by atoms with E-state index in [1.165, 1.54) is 6.92 Å². The summed E-state index contributed by atoms with van der Waals surface area (Å²) in [6, 6.07) is 13.8. The summed E-state index contributed by atoms with van der Waals surface area (Å²) >= 11 is 0. The Kier molecular flexibility index (Phi) is 9.79. The second kappa shape index (κ2) is 13.5. The molecule has 2 heterocycles. The first kappa shape index (κ1) is 29.1. The first-order valence-electron chi connectivity index (χ1n) is 13.8. The van der Waals surface area contributed by atoms with Crippen molar-refractivity contribution in [2.45, 2.75) is 70.4 Å². The SMILES string of the molecule is CC(=O)NC(Cc1ccc(O)cc1)C(=O)C(C)N1CC(OCc2c[nH]c3ccccc23)CC1CCCN=C(N)N. The molecule has 0 spiro atoms. The normalized spacial score (nSPS) is 18.9. The third-order valence-corrected chi connectivity index (χ3v) is 7.56. The number of aromatic nitrogens is 1. The van der Waals surface area contributed by atoms with Gasteiger partial charge in [-0.3, -0.25) is 19.5 Å². The fourth-order valence-electron chi connectivity index (χ4n) is 5.56. The number of fused-ring (bicyclic) bond motifs is 1. The molecule has 40 heavy (non-hydrogen) atoms. The molecule has 1 amide bonds.